The van der Waals surface area contributed by atoms with Crippen LogP contribution < -0.4 is 19.3 Å². The molecule has 1 amide bonds. The Balaban J connectivity index is 1.59. The van der Waals surface area contributed by atoms with Crippen molar-refractivity contribution in [1.82, 2.24) is 0 Å². The molecule has 1 heterocycles. The number of sulfonamides is 1. The molecule has 184 valence electrons. The second-order valence-electron chi connectivity index (χ2n) is 8.64. The van der Waals surface area contributed by atoms with Gasteiger partial charge in [0.2, 0.25) is 5.91 Å². The number of benzene rings is 3. The molecule has 8 heteroatoms. The van der Waals surface area contributed by atoms with E-state index >= 15 is 0 Å². The number of hydrogen-bond acceptors (Lipinski definition) is 5. The molecular formula is C27H31N3O4S. The van der Waals surface area contributed by atoms with E-state index in [2.05, 4.69) is 10.2 Å². The largest absolute Gasteiger partial charge is 0.495 e. The molecule has 3 aromatic rings. The van der Waals surface area contributed by atoms with Gasteiger partial charge in [0.25, 0.3) is 10.0 Å². The zero-order chi connectivity index (χ0) is 24.8. The van der Waals surface area contributed by atoms with Crippen LogP contribution in [0, 0.1) is 6.92 Å². The lowest BCUT2D eigenvalue weighted by molar-refractivity contribution is -0.114. The molecule has 1 fully saturated rings. The summed E-state index contributed by atoms with van der Waals surface area (Å²) in [6, 6.07) is 21.0. The summed E-state index contributed by atoms with van der Waals surface area (Å²) < 4.78 is 33.8. The molecule has 35 heavy (non-hydrogen) atoms. The van der Waals surface area contributed by atoms with E-state index in [9.17, 15) is 13.2 Å². The minimum atomic E-state index is -4.03. The van der Waals surface area contributed by atoms with Gasteiger partial charge in [-0.3, -0.25) is 9.10 Å². The maximum Gasteiger partial charge on any atom is 0.264 e. The van der Waals surface area contributed by atoms with Crippen LogP contribution in [0.2, 0.25) is 0 Å². The number of rotatable bonds is 8. The van der Waals surface area contributed by atoms with Crippen LogP contribution in [0.15, 0.2) is 77.7 Å². The van der Waals surface area contributed by atoms with Gasteiger partial charge in [0, 0.05) is 24.5 Å². The predicted octanol–water partition coefficient (Wildman–Crippen LogP) is 4.83. The molecular weight excluding hydrogens is 462 g/mol. The summed E-state index contributed by atoms with van der Waals surface area (Å²) in [6.07, 6.45) is 3.64. The van der Waals surface area contributed by atoms with Gasteiger partial charge >= 0.3 is 0 Å². The Hall–Kier alpha value is -3.52. The van der Waals surface area contributed by atoms with E-state index in [4.69, 9.17) is 4.74 Å². The zero-order valence-corrected chi connectivity index (χ0v) is 20.9. The number of carbonyl (C=O) groups excluding carboxylic acids is 1. The number of carbonyl (C=O) groups is 1. The van der Waals surface area contributed by atoms with Crippen LogP contribution in [-0.4, -0.2) is 41.1 Å². The van der Waals surface area contributed by atoms with Crippen LogP contribution >= 0.6 is 0 Å². The number of piperidine rings is 1. The first kappa shape index (κ1) is 24.6. The van der Waals surface area contributed by atoms with E-state index in [0.717, 1.165) is 28.6 Å². The highest BCUT2D eigenvalue weighted by Crippen LogP contribution is 2.33. The SMILES string of the molecule is COc1ccc(C)cc1N(CC(=O)Nc1ccc(N2CCCCC2)cc1)S(=O)(=O)c1ccccc1. The third-order valence-electron chi connectivity index (χ3n) is 6.09. The lowest BCUT2D eigenvalue weighted by Crippen LogP contribution is -2.38. The number of anilines is 3. The molecule has 0 radical (unpaired) electrons. The van der Waals surface area contributed by atoms with Crippen LogP contribution in [0.25, 0.3) is 0 Å². The van der Waals surface area contributed by atoms with Crippen molar-refractivity contribution in [3.05, 3.63) is 78.4 Å². The summed E-state index contributed by atoms with van der Waals surface area (Å²) in [6.45, 7) is 3.54. The van der Waals surface area contributed by atoms with E-state index in [1.54, 1.807) is 30.3 Å². The molecule has 4 rings (SSSR count). The summed E-state index contributed by atoms with van der Waals surface area (Å²) in [5.41, 5.74) is 2.90. The Morgan fingerprint density at radius 3 is 2.31 bits per heavy atom. The van der Waals surface area contributed by atoms with E-state index in [1.807, 2.05) is 37.3 Å². The molecule has 1 aliphatic heterocycles. The number of methoxy groups -OCH3 is 1. The van der Waals surface area contributed by atoms with Gasteiger partial charge in [-0.15, -0.1) is 0 Å². The average Bonchev–Trinajstić information content (AvgIpc) is 2.88. The van der Waals surface area contributed by atoms with Crippen molar-refractivity contribution in [2.75, 3.05) is 41.3 Å². The van der Waals surface area contributed by atoms with Gasteiger partial charge in [-0.25, -0.2) is 8.42 Å². The van der Waals surface area contributed by atoms with Crippen molar-refractivity contribution >= 4 is 33.0 Å². The molecule has 1 saturated heterocycles. The summed E-state index contributed by atoms with van der Waals surface area (Å²) >= 11 is 0. The second kappa shape index (κ2) is 10.8. The highest BCUT2D eigenvalue weighted by atomic mass is 32.2. The fourth-order valence-corrected chi connectivity index (χ4v) is 5.70. The summed E-state index contributed by atoms with van der Waals surface area (Å²) in [5, 5.41) is 2.84. The molecule has 0 unspecified atom stereocenters. The number of hydrogen-bond donors (Lipinski definition) is 1. The molecule has 0 bridgehead atoms. The molecule has 0 aliphatic carbocycles. The predicted molar refractivity (Wildman–Crippen MR) is 140 cm³/mol. The van der Waals surface area contributed by atoms with Crippen LogP contribution in [-0.2, 0) is 14.8 Å². The smallest absolute Gasteiger partial charge is 0.264 e. The van der Waals surface area contributed by atoms with Gasteiger partial charge in [-0.05, 0) is 80.3 Å². The van der Waals surface area contributed by atoms with Crippen molar-refractivity contribution < 1.29 is 17.9 Å². The molecule has 3 aromatic carbocycles. The summed E-state index contributed by atoms with van der Waals surface area (Å²) in [7, 11) is -2.55. The molecule has 0 aromatic heterocycles. The highest BCUT2D eigenvalue weighted by Gasteiger charge is 2.29. The highest BCUT2D eigenvalue weighted by molar-refractivity contribution is 7.92. The van der Waals surface area contributed by atoms with Crippen molar-refractivity contribution in [2.24, 2.45) is 0 Å². The number of ether oxygens (including phenoxy) is 1. The molecule has 7 nitrogen and oxygen atoms in total. The monoisotopic (exact) mass is 493 g/mol. The molecule has 1 N–H and O–H groups in total. The molecule has 0 saturated carbocycles. The Labute approximate surface area is 207 Å². The lowest BCUT2D eigenvalue weighted by atomic mass is 10.1. The summed E-state index contributed by atoms with van der Waals surface area (Å²) in [4.78, 5) is 15.5. The van der Waals surface area contributed by atoms with E-state index in [0.29, 0.717) is 17.1 Å². The third kappa shape index (κ3) is 5.77. The van der Waals surface area contributed by atoms with Crippen LogP contribution in [0.1, 0.15) is 24.8 Å². The van der Waals surface area contributed by atoms with Crippen molar-refractivity contribution in [3.8, 4) is 5.75 Å². The minimum Gasteiger partial charge on any atom is -0.495 e. The maximum absolute atomic E-state index is 13.6. The van der Waals surface area contributed by atoms with Gasteiger partial charge < -0.3 is 15.0 Å². The fourth-order valence-electron chi connectivity index (χ4n) is 4.25. The molecule has 0 atom stereocenters. The average molecular weight is 494 g/mol. The lowest BCUT2D eigenvalue weighted by Gasteiger charge is -2.29. The maximum atomic E-state index is 13.6. The quantitative estimate of drug-likeness (QED) is 0.486. The Morgan fingerprint density at radius 1 is 0.971 bits per heavy atom. The first-order valence-electron chi connectivity index (χ1n) is 11.8. The van der Waals surface area contributed by atoms with Crippen LogP contribution in [0.4, 0.5) is 17.1 Å². The Morgan fingerprint density at radius 2 is 1.66 bits per heavy atom. The van der Waals surface area contributed by atoms with Gasteiger partial charge in [0.1, 0.15) is 12.3 Å². The molecule has 1 aliphatic rings. The van der Waals surface area contributed by atoms with Crippen molar-refractivity contribution in [1.29, 1.82) is 0 Å². The molecule has 0 spiro atoms. The standard InChI is InChI=1S/C27H31N3O4S/c1-21-11-16-26(34-2)25(19-21)30(35(32,33)24-9-5-3-6-10-24)20-27(31)28-22-12-14-23(15-13-22)29-17-7-4-8-18-29/h3,5-6,9-16,19H,4,7-8,17-18,20H2,1-2H3,(H,28,31). The van der Waals surface area contributed by atoms with Crippen LogP contribution in [0.5, 0.6) is 5.75 Å². The number of nitrogens with one attached hydrogen (secondary N) is 1. The second-order valence-corrected chi connectivity index (χ2v) is 10.5. The third-order valence-corrected chi connectivity index (χ3v) is 7.87. The van der Waals surface area contributed by atoms with E-state index in [-0.39, 0.29) is 4.90 Å². The number of amides is 1. The number of aryl methyl sites for hydroxylation is 1. The van der Waals surface area contributed by atoms with E-state index in [1.165, 1.54) is 38.5 Å². The van der Waals surface area contributed by atoms with Gasteiger partial charge in [-0.2, -0.15) is 0 Å². The van der Waals surface area contributed by atoms with Crippen LogP contribution in [0.3, 0.4) is 0 Å². The van der Waals surface area contributed by atoms with Crippen molar-refractivity contribution in [3.63, 3.8) is 0 Å². The topological polar surface area (TPSA) is 79.0 Å². The fraction of sp³-hybridized carbons (Fsp3) is 0.296. The van der Waals surface area contributed by atoms with Gasteiger partial charge in [0.15, 0.2) is 0 Å². The van der Waals surface area contributed by atoms with Crippen molar-refractivity contribution in [2.45, 2.75) is 31.1 Å². The Kier molecular flexibility index (Phi) is 7.60. The normalized spacial score (nSPS) is 13.8. The summed E-state index contributed by atoms with van der Waals surface area (Å²) in [5.74, 6) is -0.0763. The van der Waals surface area contributed by atoms with E-state index < -0.39 is 22.5 Å². The zero-order valence-electron chi connectivity index (χ0n) is 20.1. The number of nitrogens with zero attached hydrogens (tertiary/aromatic N) is 2. The first-order chi connectivity index (χ1) is 16.9. The first-order valence-corrected chi connectivity index (χ1v) is 13.2. The van der Waals surface area contributed by atoms with Gasteiger partial charge in [0.05, 0.1) is 17.7 Å². The van der Waals surface area contributed by atoms with Gasteiger partial charge in [-0.1, -0.05) is 24.3 Å². The minimum absolute atomic E-state index is 0.0993. The Bertz CT molecular complexity index is 1260.